The molecule has 0 saturated heterocycles. The lowest BCUT2D eigenvalue weighted by molar-refractivity contribution is 0.264. The van der Waals surface area contributed by atoms with Gasteiger partial charge < -0.3 is 4.57 Å². The molecule has 2 nitrogen and oxygen atoms in total. The number of halogens is 1. The molecule has 2 atom stereocenters. The van der Waals surface area contributed by atoms with Crippen molar-refractivity contribution in [3.63, 3.8) is 0 Å². The molecule has 1 saturated carbocycles. The lowest BCUT2D eigenvalue weighted by atomic mass is 9.84. The Labute approximate surface area is 132 Å². The third-order valence-corrected chi connectivity index (χ3v) is 5.24. The molecule has 1 aliphatic carbocycles. The van der Waals surface area contributed by atoms with Crippen LogP contribution < -0.4 is 0 Å². The number of para-hydroxylation sites is 1. The van der Waals surface area contributed by atoms with Crippen LogP contribution >= 0.6 is 11.6 Å². The first-order chi connectivity index (χ1) is 10.1. The number of alkyl halides is 1. The first-order valence-electron chi connectivity index (χ1n) is 8.21. The van der Waals surface area contributed by atoms with Gasteiger partial charge in [0.15, 0.2) is 0 Å². The second-order valence-corrected chi connectivity index (χ2v) is 7.19. The molecular formula is C18H25ClN2. The maximum absolute atomic E-state index is 6.43. The van der Waals surface area contributed by atoms with Crippen LogP contribution in [0.3, 0.4) is 0 Å². The highest BCUT2D eigenvalue weighted by Crippen LogP contribution is 2.37. The number of benzene rings is 1. The second-order valence-electron chi connectivity index (χ2n) is 6.54. The van der Waals surface area contributed by atoms with E-state index in [1.165, 1.54) is 43.2 Å². The molecule has 0 N–H and O–H groups in total. The van der Waals surface area contributed by atoms with Crippen molar-refractivity contribution in [2.45, 2.75) is 64.3 Å². The van der Waals surface area contributed by atoms with Crippen molar-refractivity contribution >= 4 is 22.6 Å². The summed E-state index contributed by atoms with van der Waals surface area (Å²) < 4.78 is 2.41. The quantitative estimate of drug-likeness (QED) is 0.657. The fourth-order valence-electron chi connectivity index (χ4n) is 3.81. The molecule has 0 aliphatic heterocycles. The molecule has 1 aromatic heterocycles. The van der Waals surface area contributed by atoms with E-state index in [1.807, 2.05) is 6.92 Å². The highest BCUT2D eigenvalue weighted by molar-refractivity contribution is 6.20. The average Bonchev–Trinajstić information content (AvgIpc) is 2.88. The first-order valence-corrected chi connectivity index (χ1v) is 8.64. The number of imidazole rings is 1. The molecule has 1 aromatic carbocycles. The molecule has 0 spiro atoms. The summed E-state index contributed by atoms with van der Waals surface area (Å²) >= 11 is 6.43. The lowest BCUT2D eigenvalue weighted by Crippen LogP contribution is -2.21. The van der Waals surface area contributed by atoms with E-state index in [4.69, 9.17) is 16.6 Å². The largest absolute Gasteiger partial charge is 0.324 e. The van der Waals surface area contributed by atoms with Gasteiger partial charge in [0.2, 0.25) is 0 Å². The van der Waals surface area contributed by atoms with Crippen molar-refractivity contribution < 1.29 is 0 Å². The summed E-state index contributed by atoms with van der Waals surface area (Å²) in [6.07, 6.45) is 6.80. The fourth-order valence-corrected chi connectivity index (χ4v) is 3.97. The minimum Gasteiger partial charge on any atom is -0.324 e. The molecule has 3 rings (SSSR count). The molecule has 114 valence electrons. The van der Waals surface area contributed by atoms with E-state index in [1.54, 1.807) is 0 Å². The Balaban J connectivity index is 2.10. The molecule has 2 aromatic rings. The lowest BCUT2D eigenvalue weighted by Gasteiger charge is -2.30. The Bertz CT molecular complexity index is 623. The standard InChI is InChI=1S/C18H25ClN2/c1-12-8-7-11-16-17(12)20-18(13(2)19)21(16)14(3)15-9-5-4-6-10-15/h7-8,11,13-15H,4-6,9-10H2,1-3H3. The molecule has 0 bridgehead atoms. The Kier molecular flexibility index (Phi) is 4.26. The van der Waals surface area contributed by atoms with E-state index in [9.17, 15) is 0 Å². The summed E-state index contributed by atoms with van der Waals surface area (Å²) in [4.78, 5) is 4.86. The maximum atomic E-state index is 6.43. The number of aromatic nitrogens is 2. The van der Waals surface area contributed by atoms with Gasteiger partial charge in [0, 0.05) is 6.04 Å². The zero-order chi connectivity index (χ0) is 15.0. The third kappa shape index (κ3) is 2.70. The van der Waals surface area contributed by atoms with Crippen LogP contribution in [0, 0.1) is 12.8 Å². The monoisotopic (exact) mass is 304 g/mol. The van der Waals surface area contributed by atoms with Gasteiger partial charge in [-0.2, -0.15) is 0 Å². The third-order valence-electron chi connectivity index (χ3n) is 5.04. The van der Waals surface area contributed by atoms with Crippen LogP contribution in [0.2, 0.25) is 0 Å². The minimum absolute atomic E-state index is 0.0529. The summed E-state index contributed by atoms with van der Waals surface area (Å²) in [6.45, 7) is 6.51. The predicted octanol–water partition coefficient (Wildman–Crippen LogP) is 5.79. The molecule has 1 fully saturated rings. The van der Waals surface area contributed by atoms with E-state index in [0.717, 1.165) is 17.3 Å². The van der Waals surface area contributed by atoms with E-state index < -0.39 is 0 Å². The average molecular weight is 305 g/mol. The van der Waals surface area contributed by atoms with Crippen molar-refractivity contribution in [3.05, 3.63) is 29.6 Å². The summed E-state index contributed by atoms with van der Waals surface area (Å²) in [5.74, 6) is 1.78. The Morgan fingerprint density at radius 3 is 2.57 bits per heavy atom. The highest BCUT2D eigenvalue weighted by Gasteiger charge is 2.26. The maximum Gasteiger partial charge on any atom is 0.127 e. The van der Waals surface area contributed by atoms with Crippen LogP contribution in [0.15, 0.2) is 18.2 Å². The fraction of sp³-hybridized carbons (Fsp3) is 0.611. The summed E-state index contributed by atoms with van der Waals surface area (Å²) in [5.41, 5.74) is 3.60. The molecule has 0 amide bonds. The number of hydrogen-bond donors (Lipinski definition) is 0. The molecule has 1 aliphatic rings. The van der Waals surface area contributed by atoms with E-state index in [2.05, 4.69) is 36.6 Å². The van der Waals surface area contributed by atoms with E-state index in [-0.39, 0.29) is 5.38 Å². The second kappa shape index (κ2) is 6.00. The normalized spacial score (nSPS) is 19.8. The van der Waals surface area contributed by atoms with Gasteiger partial charge in [-0.15, -0.1) is 11.6 Å². The first kappa shape index (κ1) is 14.9. The van der Waals surface area contributed by atoms with Crippen LogP contribution in [0.4, 0.5) is 0 Å². The molecule has 0 radical (unpaired) electrons. The molecule has 2 unspecified atom stereocenters. The predicted molar refractivity (Wildman–Crippen MR) is 90.0 cm³/mol. The van der Waals surface area contributed by atoms with Crippen LogP contribution in [0.25, 0.3) is 11.0 Å². The summed E-state index contributed by atoms with van der Waals surface area (Å²) in [5, 5.41) is -0.0529. The summed E-state index contributed by atoms with van der Waals surface area (Å²) in [7, 11) is 0. The van der Waals surface area contributed by atoms with Crippen LogP contribution in [0.1, 0.15) is 68.8 Å². The van der Waals surface area contributed by atoms with Crippen molar-refractivity contribution in [1.29, 1.82) is 0 Å². The van der Waals surface area contributed by atoms with Crippen molar-refractivity contribution in [2.75, 3.05) is 0 Å². The number of rotatable bonds is 3. The highest BCUT2D eigenvalue weighted by atomic mass is 35.5. The zero-order valence-electron chi connectivity index (χ0n) is 13.3. The van der Waals surface area contributed by atoms with Crippen molar-refractivity contribution in [2.24, 2.45) is 5.92 Å². The molecule has 1 heterocycles. The minimum atomic E-state index is -0.0529. The molecule has 3 heteroatoms. The van der Waals surface area contributed by atoms with Crippen LogP contribution in [0.5, 0.6) is 0 Å². The van der Waals surface area contributed by atoms with Gasteiger partial charge in [-0.25, -0.2) is 4.98 Å². The number of fused-ring (bicyclic) bond motifs is 1. The molecule has 21 heavy (non-hydrogen) atoms. The smallest absolute Gasteiger partial charge is 0.127 e. The van der Waals surface area contributed by atoms with Gasteiger partial charge >= 0.3 is 0 Å². The van der Waals surface area contributed by atoms with Gasteiger partial charge in [-0.05, 0) is 51.2 Å². The van der Waals surface area contributed by atoms with E-state index >= 15 is 0 Å². The van der Waals surface area contributed by atoms with Gasteiger partial charge in [-0.1, -0.05) is 31.4 Å². The zero-order valence-corrected chi connectivity index (χ0v) is 14.0. The van der Waals surface area contributed by atoms with Crippen LogP contribution in [-0.2, 0) is 0 Å². The topological polar surface area (TPSA) is 17.8 Å². The van der Waals surface area contributed by atoms with Crippen molar-refractivity contribution in [3.8, 4) is 0 Å². The SMILES string of the molecule is Cc1cccc2c1nc(C(C)Cl)n2C(C)C1CCCCC1. The number of nitrogens with zero attached hydrogens (tertiary/aromatic N) is 2. The van der Waals surface area contributed by atoms with Crippen LogP contribution in [-0.4, -0.2) is 9.55 Å². The Hall–Kier alpha value is -1.02. The number of hydrogen-bond acceptors (Lipinski definition) is 1. The van der Waals surface area contributed by atoms with Gasteiger partial charge in [0.25, 0.3) is 0 Å². The van der Waals surface area contributed by atoms with Gasteiger partial charge in [-0.3, -0.25) is 0 Å². The van der Waals surface area contributed by atoms with E-state index in [0.29, 0.717) is 6.04 Å². The van der Waals surface area contributed by atoms with Gasteiger partial charge in [0.1, 0.15) is 5.82 Å². The number of aryl methyl sites for hydroxylation is 1. The van der Waals surface area contributed by atoms with Crippen molar-refractivity contribution in [1.82, 2.24) is 9.55 Å². The summed E-state index contributed by atoms with van der Waals surface area (Å²) in [6, 6.07) is 6.94. The Morgan fingerprint density at radius 1 is 1.19 bits per heavy atom. The Morgan fingerprint density at radius 2 is 1.90 bits per heavy atom. The van der Waals surface area contributed by atoms with Gasteiger partial charge in [0.05, 0.1) is 16.4 Å². The molecular weight excluding hydrogens is 280 g/mol.